The first-order valence-electron chi connectivity index (χ1n) is 20.7. The maximum Gasteiger partial charge on any atom is 0.0206 e. The molecule has 6 aromatic rings. The molecule has 0 saturated heterocycles. The molecule has 3 unspecified atom stereocenters. The average Bonchev–Trinajstić information content (AvgIpc) is 3.76. The maximum absolute atomic E-state index is 2.64. The first kappa shape index (κ1) is 31.0. The third-order valence-corrected chi connectivity index (χ3v) is 14.1. The van der Waals surface area contributed by atoms with Crippen LogP contribution in [0.3, 0.4) is 0 Å². The Morgan fingerprint density at radius 3 is 2.23 bits per heavy atom. The fourth-order valence-electron chi connectivity index (χ4n) is 11.8. The van der Waals surface area contributed by atoms with Gasteiger partial charge in [0.15, 0.2) is 0 Å². The van der Waals surface area contributed by atoms with Crippen molar-refractivity contribution < 1.29 is 0 Å². The Bertz CT molecular complexity index is 3020. The van der Waals surface area contributed by atoms with Gasteiger partial charge >= 0.3 is 0 Å². The minimum absolute atomic E-state index is 0.317. The molecule has 0 N–H and O–H groups in total. The van der Waals surface area contributed by atoms with E-state index in [0.29, 0.717) is 17.8 Å². The first-order chi connectivity index (χ1) is 27.8. The molecule has 7 aliphatic carbocycles. The van der Waals surface area contributed by atoms with E-state index < -0.39 is 0 Å². The van der Waals surface area contributed by atoms with Crippen LogP contribution in [-0.4, -0.2) is 0 Å². The second-order valence-corrected chi connectivity index (χ2v) is 16.8. The quantitative estimate of drug-likeness (QED) is 0.160. The fraction of sp³-hybridized carbons (Fsp3) is 0.143. The normalized spacial score (nSPS) is 21.9. The van der Waals surface area contributed by atoms with Crippen molar-refractivity contribution in [3.8, 4) is 22.3 Å². The van der Waals surface area contributed by atoms with Crippen LogP contribution in [0, 0.1) is 11.8 Å². The molecule has 0 spiro atoms. The monoisotopic (exact) mass is 712 g/mol. The van der Waals surface area contributed by atoms with Crippen molar-refractivity contribution in [1.29, 1.82) is 0 Å². The van der Waals surface area contributed by atoms with Gasteiger partial charge in [-0.25, -0.2) is 0 Å². The van der Waals surface area contributed by atoms with Gasteiger partial charge in [0.05, 0.1) is 0 Å². The summed E-state index contributed by atoms with van der Waals surface area (Å²) in [4.78, 5) is 0. The lowest BCUT2D eigenvalue weighted by molar-refractivity contribution is 0.660. The fourth-order valence-corrected chi connectivity index (χ4v) is 11.8. The van der Waals surface area contributed by atoms with Gasteiger partial charge in [-0.2, -0.15) is 0 Å². The van der Waals surface area contributed by atoms with Crippen molar-refractivity contribution >= 4 is 49.9 Å². The Balaban J connectivity index is 1.14. The van der Waals surface area contributed by atoms with Crippen LogP contribution in [0.5, 0.6) is 0 Å². The lowest BCUT2D eigenvalue weighted by Crippen LogP contribution is -2.21. The predicted octanol–water partition coefficient (Wildman–Crippen LogP) is 14.5. The molecule has 0 amide bonds. The Kier molecular flexibility index (Phi) is 6.45. The Labute approximate surface area is 328 Å². The van der Waals surface area contributed by atoms with Gasteiger partial charge in [-0.15, -0.1) is 0 Å². The molecule has 0 aliphatic heterocycles. The molecule has 0 saturated carbocycles. The van der Waals surface area contributed by atoms with Gasteiger partial charge < -0.3 is 0 Å². The van der Waals surface area contributed by atoms with Gasteiger partial charge in [0.2, 0.25) is 0 Å². The van der Waals surface area contributed by atoms with Gasteiger partial charge in [0.25, 0.3) is 0 Å². The van der Waals surface area contributed by atoms with Crippen molar-refractivity contribution in [2.24, 2.45) is 11.8 Å². The lowest BCUT2D eigenvalue weighted by atomic mass is 9.69. The highest BCUT2D eigenvalue weighted by atomic mass is 14.5. The van der Waals surface area contributed by atoms with Crippen LogP contribution >= 0.6 is 0 Å². The highest BCUT2D eigenvalue weighted by molar-refractivity contribution is 6.30. The van der Waals surface area contributed by atoms with Gasteiger partial charge in [-0.05, 0) is 154 Å². The lowest BCUT2D eigenvalue weighted by Gasteiger charge is -2.34. The van der Waals surface area contributed by atoms with Gasteiger partial charge in [-0.1, -0.05) is 158 Å². The molecule has 6 aromatic carbocycles. The zero-order chi connectivity index (χ0) is 36.5. The summed E-state index contributed by atoms with van der Waals surface area (Å²) in [6.07, 6.45) is 29.9. The smallest absolute Gasteiger partial charge is 0.0206 e. The summed E-state index contributed by atoms with van der Waals surface area (Å²) in [6, 6.07) is 39.4. The minimum Gasteiger partial charge on any atom is -0.0839 e. The molecular formula is C56H40. The van der Waals surface area contributed by atoms with Crippen LogP contribution in [0.2, 0.25) is 0 Å². The number of hydrogen-bond donors (Lipinski definition) is 0. The van der Waals surface area contributed by atoms with Gasteiger partial charge in [0.1, 0.15) is 0 Å². The summed E-state index contributed by atoms with van der Waals surface area (Å²) in [5, 5.41) is 5.58. The molecule has 7 aliphatic rings. The third kappa shape index (κ3) is 4.14. The third-order valence-electron chi connectivity index (χ3n) is 14.1. The van der Waals surface area contributed by atoms with E-state index in [1.807, 2.05) is 0 Å². The predicted molar refractivity (Wildman–Crippen MR) is 237 cm³/mol. The highest BCUT2D eigenvalue weighted by Crippen LogP contribution is 2.63. The molecule has 0 heterocycles. The summed E-state index contributed by atoms with van der Waals surface area (Å²) in [7, 11) is 0. The average molecular weight is 713 g/mol. The summed E-state index contributed by atoms with van der Waals surface area (Å²) in [6.45, 7) is 0. The number of allylic oxidation sites excluding steroid dienone is 15. The topological polar surface area (TPSA) is 0 Å². The Hall–Kier alpha value is -6.24. The number of benzene rings is 6. The Morgan fingerprint density at radius 2 is 1.36 bits per heavy atom. The van der Waals surface area contributed by atoms with Crippen LogP contribution < -0.4 is 0 Å². The van der Waals surface area contributed by atoms with Crippen LogP contribution in [-0.2, 0) is 6.42 Å². The van der Waals surface area contributed by atoms with E-state index >= 15 is 0 Å². The first-order valence-corrected chi connectivity index (χ1v) is 20.7. The Morgan fingerprint density at radius 1 is 0.571 bits per heavy atom. The zero-order valence-corrected chi connectivity index (χ0v) is 31.4. The molecule has 0 nitrogen and oxygen atoms in total. The summed E-state index contributed by atoms with van der Waals surface area (Å²) >= 11 is 0. The van der Waals surface area contributed by atoms with E-state index in [0.717, 1.165) is 32.1 Å². The highest BCUT2D eigenvalue weighted by Gasteiger charge is 2.45. The molecule has 13 rings (SSSR count). The molecule has 264 valence electrons. The van der Waals surface area contributed by atoms with E-state index in [4.69, 9.17) is 0 Å². The standard InChI is InChI=1S/C56H40/c1-3-15-34(16-4-1)50-49-32-47-46-30-37(39-23-11-20-33-14-7-9-21-38(33)39)28-29-41(46)43-25-13-26-44(52(43)47)54(49)51(35-17-5-2-6-18-35)56-48-31-36-19-8-10-22-40(36)42-24-12-27-45(53(42)48)55(50)56/h1-7,10-18,20,22-29,31-32,37,42,53H,8-9,19,21,30H2. The molecule has 3 atom stereocenters. The van der Waals surface area contributed by atoms with E-state index in [-0.39, 0.29) is 0 Å². The molecule has 0 aromatic heterocycles. The summed E-state index contributed by atoms with van der Waals surface area (Å²) in [5.41, 5.74) is 24.5. The van der Waals surface area contributed by atoms with Gasteiger partial charge in [0, 0.05) is 17.8 Å². The SMILES string of the molecule is C1=CC2C3=C(C=C4c5c(c(-c6ccccc6)c6cc7c8c(cccc8c6c5-c5ccccc5)C5=C7CC(c6cccc7c6CCC=C7)C=C5)C(=C1)C42)CCC=C3. The van der Waals surface area contributed by atoms with Crippen molar-refractivity contribution in [3.63, 3.8) is 0 Å². The molecular weight excluding hydrogens is 673 g/mol. The number of rotatable bonds is 3. The van der Waals surface area contributed by atoms with Crippen molar-refractivity contribution in [1.82, 2.24) is 0 Å². The molecule has 0 heteroatoms. The zero-order valence-electron chi connectivity index (χ0n) is 31.4. The van der Waals surface area contributed by atoms with Crippen molar-refractivity contribution in [3.05, 3.63) is 208 Å². The van der Waals surface area contributed by atoms with E-state index in [1.54, 1.807) is 0 Å². The van der Waals surface area contributed by atoms with E-state index in [9.17, 15) is 0 Å². The summed E-state index contributed by atoms with van der Waals surface area (Å²) in [5.74, 6) is 1.04. The molecule has 0 bridgehead atoms. The second-order valence-electron chi connectivity index (χ2n) is 16.8. The van der Waals surface area contributed by atoms with E-state index in [2.05, 4.69) is 164 Å². The molecule has 56 heavy (non-hydrogen) atoms. The van der Waals surface area contributed by atoms with Crippen LogP contribution in [0.4, 0.5) is 0 Å². The van der Waals surface area contributed by atoms with Gasteiger partial charge in [-0.3, -0.25) is 0 Å². The minimum atomic E-state index is 0.317. The van der Waals surface area contributed by atoms with Crippen molar-refractivity contribution in [2.75, 3.05) is 0 Å². The molecule has 0 fully saturated rings. The van der Waals surface area contributed by atoms with Crippen molar-refractivity contribution in [2.45, 2.75) is 38.0 Å². The number of fused-ring (bicyclic) bond motifs is 9. The van der Waals surface area contributed by atoms with E-state index in [1.165, 1.54) is 116 Å². The summed E-state index contributed by atoms with van der Waals surface area (Å²) < 4.78 is 0. The number of hydrogen-bond acceptors (Lipinski definition) is 0. The van der Waals surface area contributed by atoms with Crippen LogP contribution in [0.1, 0.15) is 70.5 Å². The molecule has 0 radical (unpaired) electrons. The van der Waals surface area contributed by atoms with Crippen LogP contribution in [0.15, 0.2) is 169 Å². The maximum atomic E-state index is 2.64. The second kappa shape index (κ2) is 11.6. The van der Waals surface area contributed by atoms with Crippen LogP contribution in [0.25, 0.3) is 72.2 Å². The largest absolute Gasteiger partial charge is 0.0839 e.